The molecular formula is C29H56N2O6P+. The van der Waals surface area contributed by atoms with E-state index in [9.17, 15) is 19.4 Å². The number of aliphatic hydroxyl groups excluding tert-OH is 1. The van der Waals surface area contributed by atoms with Gasteiger partial charge in [0.25, 0.3) is 0 Å². The van der Waals surface area contributed by atoms with E-state index in [1.807, 2.05) is 27.2 Å². The summed E-state index contributed by atoms with van der Waals surface area (Å²) in [6, 6.07) is -0.861. The lowest BCUT2D eigenvalue weighted by atomic mass is 10.1. The molecule has 0 rings (SSSR count). The van der Waals surface area contributed by atoms with Crippen LogP contribution < -0.4 is 5.32 Å². The highest BCUT2D eigenvalue weighted by atomic mass is 31.2. The minimum atomic E-state index is -4.30. The average molecular weight is 560 g/mol. The first-order valence-electron chi connectivity index (χ1n) is 14.4. The molecule has 0 aromatic heterocycles. The summed E-state index contributed by atoms with van der Waals surface area (Å²) in [7, 11) is 1.53. The highest BCUT2D eigenvalue weighted by molar-refractivity contribution is 7.47. The van der Waals surface area contributed by atoms with Gasteiger partial charge in [0.2, 0.25) is 5.91 Å². The Morgan fingerprint density at radius 3 is 2.00 bits per heavy atom. The first-order valence-corrected chi connectivity index (χ1v) is 15.9. The summed E-state index contributed by atoms with van der Waals surface area (Å²) in [5.41, 5.74) is 0. The number of quaternary nitrogens is 1. The second-order valence-electron chi connectivity index (χ2n) is 10.7. The Bertz CT molecular complexity index is 733. The lowest BCUT2D eigenvalue weighted by Crippen LogP contribution is -2.45. The van der Waals surface area contributed by atoms with Crippen molar-refractivity contribution in [3.05, 3.63) is 36.5 Å². The quantitative estimate of drug-likeness (QED) is 0.0575. The number of unbranched alkanes of at least 4 members (excludes halogenated alkanes) is 8. The summed E-state index contributed by atoms with van der Waals surface area (Å²) in [5, 5.41) is 13.2. The summed E-state index contributed by atoms with van der Waals surface area (Å²) in [6.07, 6.45) is 24.3. The molecule has 1 amide bonds. The zero-order chi connectivity index (χ0) is 28.7. The molecule has 0 aliphatic rings. The van der Waals surface area contributed by atoms with Crippen molar-refractivity contribution in [2.24, 2.45) is 0 Å². The number of hydrogen-bond donors (Lipinski definition) is 3. The Balaban J connectivity index is 4.31. The van der Waals surface area contributed by atoms with Crippen molar-refractivity contribution in [3.8, 4) is 0 Å². The minimum absolute atomic E-state index is 0.0503. The summed E-state index contributed by atoms with van der Waals surface area (Å²) < 4.78 is 22.8. The fourth-order valence-electron chi connectivity index (χ4n) is 3.44. The predicted molar refractivity (Wildman–Crippen MR) is 157 cm³/mol. The van der Waals surface area contributed by atoms with Crippen LogP contribution in [0.5, 0.6) is 0 Å². The number of carbonyl (C=O) groups excluding carboxylic acids is 1. The van der Waals surface area contributed by atoms with Crippen LogP contribution in [0.25, 0.3) is 0 Å². The third kappa shape index (κ3) is 23.8. The van der Waals surface area contributed by atoms with Gasteiger partial charge in [-0.15, -0.1) is 0 Å². The Morgan fingerprint density at radius 1 is 0.868 bits per heavy atom. The molecule has 3 atom stereocenters. The van der Waals surface area contributed by atoms with Gasteiger partial charge in [0.1, 0.15) is 13.2 Å². The van der Waals surface area contributed by atoms with Gasteiger partial charge in [-0.2, -0.15) is 0 Å². The number of carbonyl (C=O) groups is 1. The molecular weight excluding hydrogens is 503 g/mol. The molecule has 0 aliphatic carbocycles. The summed E-state index contributed by atoms with van der Waals surface area (Å²) in [6.45, 7) is 4.17. The van der Waals surface area contributed by atoms with Crippen LogP contribution in [0.15, 0.2) is 36.5 Å². The monoisotopic (exact) mass is 559 g/mol. The van der Waals surface area contributed by atoms with Crippen LogP contribution in [0.2, 0.25) is 0 Å². The molecule has 0 aliphatic heterocycles. The zero-order valence-electron chi connectivity index (χ0n) is 24.6. The number of phosphoric ester groups is 1. The molecule has 0 heterocycles. The first-order chi connectivity index (χ1) is 18.0. The zero-order valence-corrected chi connectivity index (χ0v) is 25.5. The summed E-state index contributed by atoms with van der Waals surface area (Å²) in [4.78, 5) is 21.8. The van der Waals surface area contributed by atoms with E-state index in [1.165, 1.54) is 44.9 Å². The Hall–Kier alpha value is -1.28. The lowest BCUT2D eigenvalue weighted by molar-refractivity contribution is -0.870. The standard InChI is InChI=1S/C29H55N2O6P/c1-6-8-9-10-11-12-13-14-15-16-17-18-19-20-21-22-23-28(32)27(30-29(33)7-2)26-37-38(34,35)36-25-24-31(3,4)5/h14-15,18-19,22-23,27-28,32H,6-13,16-17,20-21,24-26H2,1-5H3,(H-,30,33,34,35)/p+1/b15-14+,19-18+,23-22+. The second-order valence-corrected chi connectivity index (χ2v) is 12.2. The van der Waals surface area contributed by atoms with Gasteiger partial charge < -0.3 is 19.8 Å². The maximum absolute atomic E-state index is 12.2. The molecule has 0 saturated carbocycles. The molecule has 3 N–H and O–H groups in total. The molecule has 0 aromatic rings. The van der Waals surface area contributed by atoms with Crippen LogP contribution in [0.3, 0.4) is 0 Å². The van der Waals surface area contributed by atoms with Gasteiger partial charge in [0.15, 0.2) is 0 Å². The molecule has 38 heavy (non-hydrogen) atoms. The Kier molecular flexibility index (Phi) is 21.8. The van der Waals surface area contributed by atoms with Crippen molar-refractivity contribution in [2.45, 2.75) is 103 Å². The van der Waals surface area contributed by atoms with Gasteiger partial charge in [-0.25, -0.2) is 4.57 Å². The largest absolute Gasteiger partial charge is 0.472 e. The number of allylic oxidation sites excluding steroid dienone is 5. The van der Waals surface area contributed by atoms with Crippen molar-refractivity contribution in [1.82, 2.24) is 5.32 Å². The van der Waals surface area contributed by atoms with Crippen LogP contribution in [-0.4, -0.2) is 73.4 Å². The first kappa shape index (κ1) is 36.7. The van der Waals surface area contributed by atoms with E-state index in [0.29, 0.717) is 11.0 Å². The van der Waals surface area contributed by atoms with E-state index >= 15 is 0 Å². The molecule has 0 radical (unpaired) electrons. The number of phosphoric acid groups is 1. The van der Waals surface area contributed by atoms with Gasteiger partial charge in [-0.3, -0.25) is 13.8 Å². The maximum atomic E-state index is 12.2. The average Bonchev–Trinajstić information content (AvgIpc) is 2.85. The SMILES string of the molecule is CCCCCCCC/C=C/CC/C=C/CC/C=C/C(O)C(COP(=O)(O)OCC[N+](C)(C)C)NC(=O)CC. The fourth-order valence-corrected chi connectivity index (χ4v) is 4.18. The number of aliphatic hydroxyl groups is 1. The van der Waals surface area contributed by atoms with Crippen molar-refractivity contribution in [2.75, 3.05) is 40.9 Å². The van der Waals surface area contributed by atoms with Crippen molar-refractivity contribution in [3.63, 3.8) is 0 Å². The number of nitrogens with one attached hydrogen (secondary N) is 1. The topological polar surface area (TPSA) is 105 Å². The van der Waals surface area contributed by atoms with E-state index in [-0.39, 0.29) is 25.5 Å². The predicted octanol–water partition coefficient (Wildman–Crippen LogP) is 6.06. The highest BCUT2D eigenvalue weighted by Gasteiger charge is 2.27. The molecule has 8 nitrogen and oxygen atoms in total. The Labute approximate surface area is 232 Å². The number of likely N-dealkylation sites (N-methyl/N-ethyl adjacent to an activating group) is 1. The van der Waals surface area contributed by atoms with Crippen molar-refractivity contribution < 1.29 is 32.9 Å². The van der Waals surface area contributed by atoms with Gasteiger partial charge >= 0.3 is 7.82 Å². The van der Waals surface area contributed by atoms with Crippen LogP contribution in [0.4, 0.5) is 0 Å². The van der Waals surface area contributed by atoms with Gasteiger partial charge in [0, 0.05) is 6.42 Å². The molecule has 3 unspecified atom stereocenters. The van der Waals surface area contributed by atoms with Gasteiger partial charge in [0.05, 0.1) is 39.9 Å². The van der Waals surface area contributed by atoms with E-state index in [2.05, 4.69) is 36.5 Å². The van der Waals surface area contributed by atoms with E-state index < -0.39 is 20.0 Å². The third-order valence-corrected chi connectivity index (χ3v) is 6.89. The minimum Gasteiger partial charge on any atom is -0.387 e. The van der Waals surface area contributed by atoms with Crippen LogP contribution in [0, 0.1) is 0 Å². The molecule has 0 saturated heterocycles. The maximum Gasteiger partial charge on any atom is 0.472 e. The van der Waals surface area contributed by atoms with Crippen LogP contribution in [0.1, 0.15) is 90.9 Å². The molecule has 222 valence electrons. The fraction of sp³-hybridized carbons (Fsp3) is 0.759. The molecule has 0 spiro atoms. The lowest BCUT2D eigenvalue weighted by Gasteiger charge is -2.25. The number of nitrogens with zero attached hydrogens (tertiary/aromatic N) is 1. The third-order valence-electron chi connectivity index (χ3n) is 5.90. The van der Waals surface area contributed by atoms with Crippen LogP contribution in [-0.2, 0) is 18.4 Å². The van der Waals surface area contributed by atoms with Gasteiger partial charge in [-0.05, 0) is 38.5 Å². The molecule has 9 heteroatoms. The van der Waals surface area contributed by atoms with E-state index in [1.54, 1.807) is 13.0 Å². The summed E-state index contributed by atoms with van der Waals surface area (Å²) >= 11 is 0. The number of hydrogen-bond acceptors (Lipinski definition) is 5. The summed E-state index contributed by atoms with van der Waals surface area (Å²) in [5.74, 6) is -0.284. The smallest absolute Gasteiger partial charge is 0.387 e. The van der Waals surface area contributed by atoms with E-state index in [4.69, 9.17) is 9.05 Å². The van der Waals surface area contributed by atoms with Crippen molar-refractivity contribution >= 4 is 13.7 Å². The van der Waals surface area contributed by atoms with Crippen molar-refractivity contribution in [1.29, 1.82) is 0 Å². The number of rotatable bonds is 24. The van der Waals surface area contributed by atoms with Crippen LogP contribution >= 0.6 is 7.82 Å². The number of amides is 1. The molecule has 0 aromatic carbocycles. The van der Waals surface area contributed by atoms with Gasteiger partial charge in [-0.1, -0.05) is 82.4 Å². The Morgan fingerprint density at radius 2 is 1.42 bits per heavy atom. The normalized spacial score (nSPS) is 15.9. The molecule has 0 fully saturated rings. The molecule has 0 bridgehead atoms. The second kappa shape index (κ2) is 22.5. The van der Waals surface area contributed by atoms with E-state index in [0.717, 1.165) is 25.7 Å². The highest BCUT2D eigenvalue weighted by Crippen LogP contribution is 2.43.